The van der Waals surface area contributed by atoms with Gasteiger partial charge in [0, 0.05) is 54.9 Å². The molecule has 6 rings (SSSR count). The van der Waals surface area contributed by atoms with Gasteiger partial charge < -0.3 is 74.5 Å². The van der Waals surface area contributed by atoms with Gasteiger partial charge in [0.25, 0.3) is 5.91 Å². The molecule has 0 spiro atoms. The molecular weight excluding hydrogens is 953 g/mol. The number of amides is 9. The number of carboxylic acid groups (broad SMARTS) is 1. The van der Waals surface area contributed by atoms with E-state index in [-0.39, 0.29) is 74.1 Å². The van der Waals surface area contributed by atoms with Crippen LogP contribution in [-0.4, -0.2) is 141 Å². The third-order valence-electron chi connectivity index (χ3n) is 12.8. The maximum Gasteiger partial charge on any atom is 0.326 e. The fourth-order valence-electron chi connectivity index (χ4n) is 9.05. The highest BCUT2D eigenvalue weighted by Gasteiger charge is 2.50. The maximum atomic E-state index is 14.6. The van der Waals surface area contributed by atoms with E-state index >= 15 is 0 Å². The van der Waals surface area contributed by atoms with E-state index in [0.29, 0.717) is 11.3 Å². The molecule has 4 bridgehead atoms. The maximum absolute atomic E-state index is 14.6. The van der Waals surface area contributed by atoms with E-state index in [1.54, 1.807) is 33.8 Å². The van der Waals surface area contributed by atoms with Gasteiger partial charge in [-0.25, -0.2) is 9.78 Å². The van der Waals surface area contributed by atoms with Gasteiger partial charge in [-0.05, 0) is 55.1 Å². The molecule has 1 saturated heterocycles. The molecule has 1 aromatic heterocycles. The Bertz CT molecular complexity index is 2440. The number of guanidine groups is 1. The number of H-pyrrole nitrogens is 1. The second kappa shape index (κ2) is 24.7. The Hall–Kier alpha value is -7.64. The van der Waals surface area contributed by atoms with Crippen molar-refractivity contribution in [2.75, 3.05) is 18.4 Å². The molecule has 16 N–H and O–H groups in total. The predicted molar refractivity (Wildman–Crippen MR) is 261 cm³/mol. The highest BCUT2D eigenvalue weighted by Crippen LogP contribution is 2.42. The van der Waals surface area contributed by atoms with Crippen LogP contribution in [0.4, 0.5) is 5.69 Å². The quantitative estimate of drug-likeness (QED) is 0.0290. The van der Waals surface area contributed by atoms with Crippen molar-refractivity contribution in [1.29, 1.82) is 0 Å². The van der Waals surface area contributed by atoms with Crippen LogP contribution < -0.4 is 59.3 Å². The lowest BCUT2D eigenvalue weighted by atomic mass is 9.80. The number of hydrogen-bond acceptors (Lipinski definition) is 13. The summed E-state index contributed by atoms with van der Waals surface area (Å²) < 4.78 is 0. The number of fused-ring (bicyclic) bond motifs is 12. The number of aliphatic carboxylic acids is 1. The molecule has 398 valence electrons. The Kier molecular flexibility index (Phi) is 19.0. The van der Waals surface area contributed by atoms with Crippen LogP contribution in [0.2, 0.25) is 0 Å². The molecule has 26 nitrogen and oxygen atoms in total. The van der Waals surface area contributed by atoms with Crippen molar-refractivity contribution in [1.82, 2.24) is 52.5 Å². The first-order valence-electron chi connectivity index (χ1n) is 24.2. The molecule has 9 amide bonds. The van der Waals surface area contributed by atoms with E-state index in [9.17, 15) is 58.2 Å². The van der Waals surface area contributed by atoms with Crippen molar-refractivity contribution in [3.8, 4) is 0 Å². The summed E-state index contributed by atoms with van der Waals surface area (Å²) in [6, 6.07) is -5.19. The molecule has 1 fully saturated rings. The molecule has 0 unspecified atom stereocenters. The van der Waals surface area contributed by atoms with Crippen LogP contribution in [0.3, 0.4) is 0 Å². The first-order valence-corrected chi connectivity index (χ1v) is 24.2. The van der Waals surface area contributed by atoms with Crippen LogP contribution in [0.15, 0.2) is 35.7 Å². The largest absolute Gasteiger partial charge is 0.480 e. The number of anilines is 1. The number of nitrogens with two attached hydrogens (primary N) is 2. The zero-order valence-electron chi connectivity index (χ0n) is 41.6. The van der Waals surface area contributed by atoms with E-state index in [1.165, 1.54) is 24.7 Å². The van der Waals surface area contributed by atoms with Crippen LogP contribution >= 0.6 is 0 Å². The Morgan fingerprint density at radius 2 is 1.60 bits per heavy atom. The second-order valence-electron chi connectivity index (χ2n) is 19.7. The number of aliphatic hydroxyl groups is 1. The number of nitrogens with zero attached hydrogens (tertiary/aromatic N) is 2. The van der Waals surface area contributed by atoms with Crippen LogP contribution in [0.25, 0.3) is 0 Å². The number of imidazole rings is 1. The topological polar surface area (TPSA) is 413 Å². The summed E-state index contributed by atoms with van der Waals surface area (Å²) in [7, 11) is 0. The SMILES string of the molecule is CC(C)C[C@@H]1NC(=O)[C@@H](NC(=O)[C@@H]2CCC(=O)N2)[C@H](C(C)C)c2ccc3c(c2)NC(=O)[C@@]3(O)C[C@@H](C(=O)N[C@@H](CCCN=C(N)N)C(=O)NCC(=O)N[C@@H](Cc2cnc[nH]2)C(=O)O)NC(=O)[C@H](C(C)C)NC1=O. The number of aromatic nitrogens is 2. The highest BCUT2D eigenvalue weighted by molar-refractivity contribution is 6.06. The van der Waals surface area contributed by atoms with Gasteiger partial charge in [0.05, 0.1) is 12.9 Å². The molecule has 0 saturated carbocycles. The average Bonchev–Trinajstić information content (AvgIpc) is 4.05. The van der Waals surface area contributed by atoms with Crippen molar-refractivity contribution in [3.05, 3.63) is 47.5 Å². The molecule has 5 heterocycles. The van der Waals surface area contributed by atoms with Gasteiger partial charge in [0.1, 0.15) is 42.3 Å². The lowest BCUT2D eigenvalue weighted by Crippen LogP contribution is -2.62. The molecule has 9 atom stereocenters. The van der Waals surface area contributed by atoms with Crippen molar-refractivity contribution in [2.45, 2.75) is 140 Å². The summed E-state index contributed by atoms with van der Waals surface area (Å²) in [5.41, 5.74) is 9.35. The van der Waals surface area contributed by atoms with Crippen LogP contribution in [0.1, 0.15) is 103 Å². The third kappa shape index (κ3) is 14.7. The standard InChI is InChI=1S/C47H68N14O12/c1-21(2)14-30-40(66)60-36(23(5)6)42(68)58-32(41(67)56-27(8-7-13-51-46(48)49)38(64)52-19-34(63)55-31(44(70)71)16-25-18-50-20-53-25)17-47(73)26-10-9-24(15-29(26)59-45(47)72)35(22(3)4)37(43(69)57-30)61-39(65)28-11-12-33(62)54-28/h9-10,15,18,20-23,27-28,30-32,35-37,73H,7-8,11-14,16-17,19H2,1-6H3,(H,50,53)(H,52,64)(H,54,62)(H,55,63)(H,56,67)(H,57,69)(H,58,68)(H,59,72)(H,60,66)(H,61,65)(H,70,71)(H4,48,49,51)/t27-,28-,30-,31-,32-,35+,36-,37-,47+/m0/s1. The Balaban J connectivity index is 1.53. The van der Waals surface area contributed by atoms with Crippen LogP contribution in [0, 0.1) is 17.8 Å². The molecule has 4 aliphatic rings. The Morgan fingerprint density at radius 3 is 2.21 bits per heavy atom. The molecule has 1 aromatic carbocycles. The van der Waals surface area contributed by atoms with Crippen molar-refractivity contribution in [3.63, 3.8) is 0 Å². The number of rotatable bonds is 19. The summed E-state index contributed by atoms with van der Waals surface area (Å²) in [6.45, 7) is 9.70. The van der Waals surface area contributed by atoms with E-state index < -0.39 is 132 Å². The number of hydrogen-bond donors (Lipinski definition) is 14. The zero-order valence-corrected chi connectivity index (χ0v) is 41.6. The van der Waals surface area contributed by atoms with Crippen molar-refractivity contribution in [2.24, 2.45) is 34.2 Å². The minimum Gasteiger partial charge on any atom is -0.480 e. The lowest BCUT2D eigenvalue weighted by Gasteiger charge is -2.33. The third-order valence-corrected chi connectivity index (χ3v) is 12.8. The zero-order chi connectivity index (χ0) is 53.9. The molecule has 26 heteroatoms. The minimum atomic E-state index is -2.53. The van der Waals surface area contributed by atoms with E-state index in [1.807, 2.05) is 13.8 Å². The van der Waals surface area contributed by atoms with Gasteiger partial charge in [-0.2, -0.15) is 0 Å². The highest BCUT2D eigenvalue weighted by atomic mass is 16.4. The first kappa shape index (κ1) is 56.3. The normalized spacial score (nSPS) is 24.1. The summed E-state index contributed by atoms with van der Waals surface area (Å²) in [5.74, 6) is -11.1. The average molecular weight is 1020 g/mol. The van der Waals surface area contributed by atoms with Crippen molar-refractivity contribution < 1.29 is 58.2 Å². The van der Waals surface area contributed by atoms with E-state index in [0.717, 1.165) is 0 Å². The summed E-state index contributed by atoms with van der Waals surface area (Å²) in [6.07, 6.45) is 2.03. The number of aromatic amines is 1. The monoisotopic (exact) mass is 1020 g/mol. The summed E-state index contributed by atoms with van der Waals surface area (Å²) >= 11 is 0. The second-order valence-corrected chi connectivity index (χ2v) is 19.7. The summed E-state index contributed by atoms with van der Waals surface area (Å²) in [5, 5.41) is 45.5. The van der Waals surface area contributed by atoms with Gasteiger partial charge in [-0.1, -0.05) is 53.7 Å². The van der Waals surface area contributed by atoms with Gasteiger partial charge in [-0.3, -0.25) is 48.1 Å². The van der Waals surface area contributed by atoms with Gasteiger partial charge in [-0.15, -0.1) is 0 Å². The molecule has 0 aliphatic carbocycles. The number of carbonyl (C=O) groups is 10. The van der Waals surface area contributed by atoms with Crippen LogP contribution in [0.5, 0.6) is 0 Å². The number of aliphatic imine (C=N–C) groups is 1. The number of carbonyl (C=O) groups excluding carboxylic acids is 9. The Labute approximate surface area is 420 Å². The fraction of sp³-hybridized carbons (Fsp3) is 0.574. The van der Waals surface area contributed by atoms with Crippen molar-refractivity contribution >= 4 is 70.8 Å². The molecule has 2 aromatic rings. The fourth-order valence-corrected chi connectivity index (χ4v) is 9.05. The van der Waals surface area contributed by atoms with Crippen LogP contribution in [-0.2, 0) is 60.0 Å². The van der Waals surface area contributed by atoms with Gasteiger partial charge in [0.2, 0.25) is 47.3 Å². The Morgan fingerprint density at radius 1 is 0.877 bits per heavy atom. The molecule has 4 aliphatic heterocycles. The number of nitrogens with one attached hydrogen (secondary N) is 10. The minimum absolute atomic E-state index is 0.00718. The van der Waals surface area contributed by atoms with Gasteiger partial charge >= 0.3 is 5.97 Å². The van der Waals surface area contributed by atoms with E-state index in [2.05, 4.69) is 62.8 Å². The number of carboxylic acids is 1. The predicted octanol–water partition coefficient (Wildman–Crippen LogP) is -2.92. The smallest absolute Gasteiger partial charge is 0.326 e. The molecular formula is C47H68N14O12. The molecule has 0 radical (unpaired) electrons. The first-order chi connectivity index (χ1) is 34.4. The van der Waals surface area contributed by atoms with Gasteiger partial charge in [0.15, 0.2) is 11.6 Å². The molecule has 73 heavy (non-hydrogen) atoms. The lowest BCUT2D eigenvalue weighted by molar-refractivity contribution is -0.142. The summed E-state index contributed by atoms with van der Waals surface area (Å²) in [4.78, 5) is 147. The number of benzene rings is 1. The van der Waals surface area contributed by atoms with E-state index in [4.69, 9.17) is 11.5 Å².